The van der Waals surface area contributed by atoms with Gasteiger partial charge in [0.15, 0.2) is 0 Å². The van der Waals surface area contributed by atoms with Crippen LogP contribution >= 0.6 is 0 Å². The minimum atomic E-state index is -0.0770. The number of nitrogens with zero attached hydrogens (tertiary/aromatic N) is 2. The molecule has 0 aromatic heterocycles. The Bertz CT molecular complexity index is 273. The molecule has 1 aliphatic carbocycles. The van der Waals surface area contributed by atoms with E-state index in [1.807, 2.05) is 13.8 Å². The highest BCUT2D eigenvalue weighted by molar-refractivity contribution is 6.02. The average Bonchev–Trinajstić information content (AvgIpc) is 2.93. The summed E-state index contributed by atoms with van der Waals surface area (Å²) in [5, 5.41) is 0. The van der Waals surface area contributed by atoms with E-state index in [2.05, 4.69) is 0 Å². The molecule has 3 amide bonds. The van der Waals surface area contributed by atoms with Gasteiger partial charge >= 0.3 is 6.03 Å². The monoisotopic (exact) mass is 196 g/mol. The molecule has 0 N–H and O–H groups in total. The molecule has 1 aliphatic heterocycles. The van der Waals surface area contributed by atoms with Crippen LogP contribution in [0.4, 0.5) is 4.79 Å². The quantitative estimate of drug-likeness (QED) is 0.637. The summed E-state index contributed by atoms with van der Waals surface area (Å²) in [6.45, 7) is 4.30. The van der Waals surface area contributed by atoms with Crippen LogP contribution in [0, 0.1) is 0 Å². The van der Waals surface area contributed by atoms with Crippen molar-refractivity contribution in [3.63, 3.8) is 0 Å². The van der Waals surface area contributed by atoms with E-state index in [-0.39, 0.29) is 30.6 Å². The molecule has 1 atom stereocenters. The van der Waals surface area contributed by atoms with Gasteiger partial charge in [-0.05, 0) is 26.2 Å². The first-order valence-electron chi connectivity index (χ1n) is 5.27. The van der Waals surface area contributed by atoms with Crippen molar-refractivity contribution in [3.8, 4) is 0 Å². The van der Waals surface area contributed by atoms with Crippen LogP contribution in [-0.2, 0) is 4.79 Å². The third kappa shape index (κ3) is 1.38. The van der Waals surface area contributed by atoms with E-state index in [0.29, 0.717) is 0 Å². The lowest BCUT2D eigenvalue weighted by Crippen LogP contribution is -2.38. The minimum absolute atomic E-state index is 0.0159. The molecule has 2 rings (SSSR count). The van der Waals surface area contributed by atoms with Gasteiger partial charge in [0, 0.05) is 12.1 Å². The predicted octanol–water partition coefficient (Wildman–Crippen LogP) is 1.21. The van der Waals surface area contributed by atoms with Gasteiger partial charge < -0.3 is 4.90 Å². The lowest BCUT2D eigenvalue weighted by molar-refractivity contribution is -0.125. The molecule has 1 saturated carbocycles. The van der Waals surface area contributed by atoms with Gasteiger partial charge in [0.05, 0.1) is 0 Å². The van der Waals surface area contributed by atoms with E-state index in [0.717, 1.165) is 19.3 Å². The summed E-state index contributed by atoms with van der Waals surface area (Å²) < 4.78 is 0. The molecule has 14 heavy (non-hydrogen) atoms. The highest BCUT2D eigenvalue weighted by Crippen LogP contribution is 2.31. The predicted molar refractivity (Wildman–Crippen MR) is 51.7 cm³/mol. The summed E-state index contributed by atoms with van der Waals surface area (Å²) >= 11 is 0. The van der Waals surface area contributed by atoms with E-state index in [1.54, 1.807) is 4.90 Å². The second-order valence-electron chi connectivity index (χ2n) is 4.16. The standard InChI is InChI=1S/C10H16N2O2/c1-3-7(2)11-6-9(13)12(10(11)14)8-4-5-8/h7-8H,3-6H2,1-2H3. The molecule has 0 aromatic rings. The maximum absolute atomic E-state index is 11.8. The van der Waals surface area contributed by atoms with Crippen LogP contribution in [0.3, 0.4) is 0 Å². The molecule has 4 nitrogen and oxygen atoms in total. The summed E-state index contributed by atoms with van der Waals surface area (Å²) in [6, 6.07) is 0.311. The highest BCUT2D eigenvalue weighted by Gasteiger charge is 2.45. The lowest BCUT2D eigenvalue weighted by atomic mass is 10.2. The maximum Gasteiger partial charge on any atom is 0.327 e. The minimum Gasteiger partial charge on any atom is -0.312 e. The number of hydrogen-bond acceptors (Lipinski definition) is 2. The SMILES string of the molecule is CCC(C)N1CC(=O)N(C2CC2)C1=O. The number of amides is 3. The summed E-state index contributed by atoms with van der Waals surface area (Å²) in [6.07, 6.45) is 2.88. The van der Waals surface area contributed by atoms with Gasteiger partial charge in [0.1, 0.15) is 6.54 Å². The molecule has 2 aliphatic rings. The van der Waals surface area contributed by atoms with Gasteiger partial charge in [-0.15, -0.1) is 0 Å². The molecule has 78 valence electrons. The molecule has 1 saturated heterocycles. The van der Waals surface area contributed by atoms with Gasteiger partial charge in [0.2, 0.25) is 0 Å². The number of hydrogen-bond donors (Lipinski definition) is 0. The van der Waals surface area contributed by atoms with Crippen LogP contribution in [0.5, 0.6) is 0 Å². The normalized spacial score (nSPS) is 24.7. The van der Waals surface area contributed by atoms with E-state index in [4.69, 9.17) is 0 Å². The summed E-state index contributed by atoms with van der Waals surface area (Å²) in [7, 11) is 0. The Morgan fingerprint density at radius 1 is 1.43 bits per heavy atom. The Hall–Kier alpha value is -1.06. The molecule has 0 radical (unpaired) electrons. The van der Waals surface area contributed by atoms with Gasteiger partial charge in [-0.1, -0.05) is 6.92 Å². The molecular formula is C10H16N2O2. The van der Waals surface area contributed by atoms with E-state index >= 15 is 0 Å². The van der Waals surface area contributed by atoms with Gasteiger partial charge in [-0.3, -0.25) is 9.69 Å². The fourth-order valence-corrected chi connectivity index (χ4v) is 1.79. The lowest BCUT2D eigenvalue weighted by Gasteiger charge is -2.22. The second-order valence-corrected chi connectivity index (χ2v) is 4.16. The smallest absolute Gasteiger partial charge is 0.312 e. The van der Waals surface area contributed by atoms with Gasteiger partial charge in [-0.2, -0.15) is 0 Å². The van der Waals surface area contributed by atoms with E-state index in [9.17, 15) is 9.59 Å². The van der Waals surface area contributed by atoms with Crippen molar-refractivity contribution in [3.05, 3.63) is 0 Å². The molecule has 1 unspecified atom stereocenters. The molecule has 0 aromatic carbocycles. The van der Waals surface area contributed by atoms with E-state index < -0.39 is 0 Å². The Kier molecular flexibility index (Phi) is 2.21. The average molecular weight is 196 g/mol. The molecule has 0 spiro atoms. The zero-order valence-corrected chi connectivity index (χ0v) is 8.69. The zero-order chi connectivity index (χ0) is 10.3. The fourth-order valence-electron chi connectivity index (χ4n) is 1.79. The van der Waals surface area contributed by atoms with E-state index in [1.165, 1.54) is 4.90 Å². The van der Waals surface area contributed by atoms with Crippen molar-refractivity contribution in [1.82, 2.24) is 9.80 Å². The summed E-state index contributed by atoms with van der Waals surface area (Å²) in [5.74, 6) is -0.0159. The molecule has 2 fully saturated rings. The topological polar surface area (TPSA) is 40.6 Å². The first-order chi connectivity index (χ1) is 6.65. The number of rotatable bonds is 3. The van der Waals surface area contributed by atoms with Crippen LogP contribution in [-0.4, -0.2) is 40.4 Å². The van der Waals surface area contributed by atoms with Crippen LogP contribution < -0.4 is 0 Å². The largest absolute Gasteiger partial charge is 0.327 e. The van der Waals surface area contributed by atoms with Crippen molar-refractivity contribution < 1.29 is 9.59 Å². The van der Waals surface area contributed by atoms with Crippen molar-refractivity contribution in [2.45, 2.75) is 45.2 Å². The Labute approximate surface area is 83.9 Å². The Morgan fingerprint density at radius 2 is 2.07 bits per heavy atom. The Morgan fingerprint density at radius 3 is 2.57 bits per heavy atom. The summed E-state index contributed by atoms with van der Waals surface area (Å²) in [5.41, 5.74) is 0. The van der Waals surface area contributed by atoms with Crippen molar-refractivity contribution in [1.29, 1.82) is 0 Å². The maximum atomic E-state index is 11.8. The molecular weight excluding hydrogens is 180 g/mol. The second kappa shape index (κ2) is 3.26. The number of carbonyl (C=O) groups is 2. The number of carbonyl (C=O) groups excluding carboxylic acids is 2. The van der Waals surface area contributed by atoms with Crippen LogP contribution in [0.15, 0.2) is 0 Å². The van der Waals surface area contributed by atoms with Crippen LogP contribution in [0.25, 0.3) is 0 Å². The van der Waals surface area contributed by atoms with Crippen molar-refractivity contribution >= 4 is 11.9 Å². The van der Waals surface area contributed by atoms with Crippen molar-refractivity contribution in [2.24, 2.45) is 0 Å². The third-order valence-corrected chi connectivity index (χ3v) is 3.06. The summed E-state index contributed by atoms with van der Waals surface area (Å²) in [4.78, 5) is 26.5. The molecule has 0 bridgehead atoms. The zero-order valence-electron chi connectivity index (χ0n) is 8.69. The molecule has 4 heteroatoms. The van der Waals surface area contributed by atoms with Gasteiger partial charge in [0.25, 0.3) is 5.91 Å². The van der Waals surface area contributed by atoms with Gasteiger partial charge in [-0.25, -0.2) is 4.79 Å². The number of imide groups is 1. The number of urea groups is 1. The van der Waals surface area contributed by atoms with Crippen LogP contribution in [0.1, 0.15) is 33.1 Å². The first kappa shape index (κ1) is 9.49. The third-order valence-electron chi connectivity index (χ3n) is 3.06. The molecule has 1 heterocycles. The fraction of sp³-hybridized carbons (Fsp3) is 0.800. The van der Waals surface area contributed by atoms with Crippen LogP contribution in [0.2, 0.25) is 0 Å². The first-order valence-corrected chi connectivity index (χ1v) is 5.27. The van der Waals surface area contributed by atoms with Crippen molar-refractivity contribution in [2.75, 3.05) is 6.54 Å². The highest BCUT2D eigenvalue weighted by atomic mass is 16.2. The Balaban J connectivity index is 2.10.